The minimum Gasteiger partial charge on any atom is -0.455 e. The number of furan rings is 1. The molecule has 2 nitrogen and oxygen atoms in total. The lowest BCUT2D eigenvalue weighted by Crippen LogP contribution is -2.34. The van der Waals surface area contributed by atoms with Crippen LogP contribution in [-0.2, 0) is 16.2 Å². The largest absolute Gasteiger partial charge is 0.455 e. The molecule has 1 aromatic heterocycles. The molecule has 408 valence electrons. The number of hydrogen-bond donors (Lipinski definition) is 0. The number of para-hydroxylation sites is 2. The third-order valence-corrected chi connectivity index (χ3v) is 17.9. The van der Waals surface area contributed by atoms with Gasteiger partial charge in [0.2, 0.25) is 0 Å². The van der Waals surface area contributed by atoms with Crippen LogP contribution in [0.1, 0.15) is 82.7 Å². The molecular weight excluding hydrogens is 1010 g/mol. The number of fused-ring (bicyclic) bond motifs is 6. The number of rotatable bonds is 10. The van der Waals surface area contributed by atoms with E-state index in [0.29, 0.717) is 0 Å². The maximum absolute atomic E-state index is 6.68. The van der Waals surface area contributed by atoms with Gasteiger partial charge >= 0.3 is 0 Å². The Hall–Kier alpha value is -9.50. The topological polar surface area (TPSA) is 16.4 Å². The van der Waals surface area contributed by atoms with Crippen molar-refractivity contribution in [3.05, 3.63) is 306 Å². The molecule has 84 heavy (non-hydrogen) atoms. The van der Waals surface area contributed by atoms with Gasteiger partial charge in [-0.25, -0.2) is 0 Å². The minimum atomic E-state index is -0.668. The van der Waals surface area contributed by atoms with Gasteiger partial charge in [-0.1, -0.05) is 279 Å². The predicted octanol–water partition coefficient (Wildman–Crippen LogP) is 22.8. The van der Waals surface area contributed by atoms with E-state index < -0.39 is 5.41 Å². The van der Waals surface area contributed by atoms with Gasteiger partial charge in [-0.05, 0) is 155 Å². The fraction of sp³-hybridized carbons (Fsp3) is 0.146. The first kappa shape index (κ1) is 52.6. The SMILES string of the molecule is CC1CC=CC=C1C1(c2ccc(-c3cccc4c3oc3ccccc34)cc2)c2cc(C(C)(C)C)ccc2-c2c(N(c3ccc(-c4ccc(-c5ccccc5)cc4)cc3)c3cc(-c4ccccc4)cc(-c4ccccc4)c3)cc(C(C)(C)C)cc21. The first-order valence-electron chi connectivity index (χ1n) is 29.9. The van der Waals surface area contributed by atoms with Gasteiger partial charge in [-0.15, -0.1) is 0 Å². The summed E-state index contributed by atoms with van der Waals surface area (Å²) in [5.41, 5.74) is 26.2. The van der Waals surface area contributed by atoms with Gasteiger partial charge in [0.1, 0.15) is 11.2 Å². The van der Waals surface area contributed by atoms with Crippen LogP contribution in [0.4, 0.5) is 17.1 Å². The standard InChI is InChI=1S/C82H69NO/c1-54-22-17-19-32-73(54)82(64-42-38-61(39-43-64)69-30-21-31-71-70-29-18-20-33-77(70)84-79(69)71)74-51-65(80(2,3)4)44-47-72(74)78-75(82)52-66(81(5,6)7)53-76(78)83(67-45-40-60(41-46-67)59-36-34-58(35-37-59)55-23-11-8-12-24-55)68-49-62(56-25-13-9-14-26-56)48-63(50-68)57-27-15-10-16-28-57/h8-21,23-54H,22H2,1-7H3. The summed E-state index contributed by atoms with van der Waals surface area (Å²) < 4.78 is 6.68. The molecule has 0 saturated heterocycles. The molecule has 2 heteroatoms. The highest BCUT2D eigenvalue weighted by atomic mass is 16.3. The molecule has 14 rings (SSSR count). The first-order chi connectivity index (χ1) is 40.8. The van der Waals surface area contributed by atoms with E-state index in [1.54, 1.807) is 0 Å². The van der Waals surface area contributed by atoms with Crippen molar-refractivity contribution >= 4 is 39.0 Å². The number of anilines is 3. The Morgan fingerprint density at radius 3 is 1.54 bits per heavy atom. The Balaban J connectivity index is 1.05. The molecule has 0 N–H and O–H groups in total. The maximum Gasteiger partial charge on any atom is 0.143 e. The molecule has 0 fully saturated rings. The third kappa shape index (κ3) is 9.13. The van der Waals surface area contributed by atoms with E-state index in [9.17, 15) is 0 Å². The van der Waals surface area contributed by atoms with Crippen LogP contribution in [0.3, 0.4) is 0 Å². The van der Waals surface area contributed by atoms with Crippen molar-refractivity contribution < 1.29 is 4.42 Å². The summed E-state index contributed by atoms with van der Waals surface area (Å²) in [4.78, 5) is 2.59. The van der Waals surface area contributed by atoms with Crippen LogP contribution in [0.15, 0.2) is 283 Å². The van der Waals surface area contributed by atoms with E-state index in [0.717, 1.165) is 67.7 Å². The molecule has 2 aliphatic carbocycles. The average molecular weight is 1080 g/mol. The molecule has 2 atom stereocenters. The highest BCUT2D eigenvalue weighted by Gasteiger charge is 2.51. The molecule has 11 aromatic carbocycles. The predicted molar refractivity (Wildman–Crippen MR) is 356 cm³/mol. The molecule has 0 aliphatic heterocycles. The summed E-state index contributed by atoms with van der Waals surface area (Å²) in [7, 11) is 0. The molecule has 2 unspecified atom stereocenters. The number of hydrogen-bond acceptors (Lipinski definition) is 2. The smallest absolute Gasteiger partial charge is 0.143 e. The Morgan fingerprint density at radius 2 is 0.940 bits per heavy atom. The summed E-state index contributed by atoms with van der Waals surface area (Å²) in [6.07, 6.45) is 8.08. The Morgan fingerprint density at radius 1 is 0.417 bits per heavy atom. The zero-order valence-electron chi connectivity index (χ0n) is 49.1. The van der Waals surface area contributed by atoms with Crippen LogP contribution in [0, 0.1) is 5.92 Å². The van der Waals surface area contributed by atoms with Crippen molar-refractivity contribution in [2.24, 2.45) is 5.92 Å². The van der Waals surface area contributed by atoms with Crippen molar-refractivity contribution in [2.45, 2.75) is 71.1 Å². The lowest BCUT2D eigenvalue weighted by atomic mass is 9.62. The van der Waals surface area contributed by atoms with E-state index in [1.807, 2.05) is 0 Å². The lowest BCUT2D eigenvalue weighted by Gasteiger charge is -2.41. The van der Waals surface area contributed by atoms with Gasteiger partial charge in [-0.3, -0.25) is 0 Å². The van der Waals surface area contributed by atoms with Gasteiger partial charge in [-0.2, -0.15) is 0 Å². The van der Waals surface area contributed by atoms with E-state index >= 15 is 0 Å². The summed E-state index contributed by atoms with van der Waals surface area (Å²) in [6, 6.07) is 95.0. The Bertz CT molecular complexity index is 4430. The van der Waals surface area contributed by atoms with E-state index in [-0.39, 0.29) is 16.7 Å². The number of benzene rings is 11. The summed E-state index contributed by atoms with van der Waals surface area (Å²) >= 11 is 0. The average Bonchev–Trinajstić information content (AvgIpc) is 1.61. The lowest BCUT2D eigenvalue weighted by molar-refractivity contribution is 0.562. The molecule has 0 amide bonds. The highest BCUT2D eigenvalue weighted by molar-refractivity contribution is 6.09. The third-order valence-electron chi connectivity index (χ3n) is 17.9. The molecule has 2 aliphatic rings. The quantitative estimate of drug-likeness (QED) is 0.136. The molecule has 0 spiro atoms. The van der Waals surface area contributed by atoms with Crippen LogP contribution < -0.4 is 4.90 Å². The van der Waals surface area contributed by atoms with Gasteiger partial charge in [0.05, 0.1) is 11.1 Å². The van der Waals surface area contributed by atoms with E-state index in [2.05, 4.69) is 326 Å². The highest BCUT2D eigenvalue weighted by Crippen LogP contribution is 2.63. The monoisotopic (exact) mass is 1080 g/mol. The van der Waals surface area contributed by atoms with Gasteiger partial charge in [0.15, 0.2) is 0 Å². The molecule has 0 saturated carbocycles. The van der Waals surface area contributed by atoms with Crippen LogP contribution in [0.2, 0.25) is 0 Å². The number of nitrogens with zero attached hydrogens (tertiary/aromatic N) is 1. The molecule has 1 heterocycles. The minimum absolute atomic E-state index is 0.113. The van der Waals surface area contributed by atoms with Crippen molar-refractivity contribution in [1.82, 2.24) is 0 Å². The van der Waals surface area contributed by atoms with Crippen molar-refractivity contribution in [3.8, 4) is 66.8 Å². The number of allylic oxidation sites excluding steroid dienone is 4. The molecule has 0 bridgehead atoms. The Labute approximate surface area is 495 Å². The van der Waals surface area contributed by atoms with Gasteiger partial charge in [0, 0.05) is 33.3 Å². The van der Waals surface area contributed by atoms with Gasteiger partial charge in [0.25, 0.3) is 0 Å². The molecule has 0 radical (unpaired) electrons. The second-order valence-electron chi connectivity index (χ2n) is 25.3. The van der Waals surface area contributed by atoms with Crippen LogP contribution in [0.5, 0.6) is 0 Å². The summed E-state index contributed by atoms with van der Waals surface area (Å²) in [5.74, 6) is 0.249. The fourth-order valence-corrected chi connectivity index (χ4v) is 13.5. The van der Waals surface area contributed by atoms with E-state index in [1.165, 1.54) is 77.9 Å². The maximum atomic E-state index is 6.68. The van der Waals surface area contributed by atoms with Crippen LogP contribution >= 0.6 is 0 Å². The summed E-state index contributed by atoms with van der Waals surface area (Å²) in [5, 5.41) is 2.27. The summed E-state index contributed by atoms with van der Waals surface area (Å²) in [6.45, 7) is 16.6. The second kappa shape index (κ2) is 20.7. The molecule has 12 aromatic rings. The first-order valence-corrected chi connectivity index (χ1v) is 29.9. The van der Waals surface area contributed by atoms with Crippen LogP contribution in [-0.4, -0.2) is 0 Å². The van der Waals surface area contributed by atoms with Crippen molar-refractivity contribution in [2.75, 3.05) is 4.90 Å². The normalized spacial score (nSPS) is 15.7. The van der Waals surface area contributed by atoms with Crippen molar-refractivity contribution in [1.29, 1.82) is 0 Å². The Kier molecular flexibility index (Phi) is 13.0. The van der Waals surface area contributed by atoms with Crippen LogP contribution in [0.25, 0.3) is 88.7 Å². The van der Waals surface area contributed by atoms with Crippen molar-refractivity contribution in [3.63, 3.8) is 0 Å². The fourth-order valence-electron chi connectivity index (χ4n) is 13.5. The zero-order chi connectivity index (χ0) is 57.3. The zero-order valence-corrected chi connectivity index (χ0v) is 49.1. The van der Waals surface area contributed by atoms with Gasteiger partial charge < -0.3 is 9.32 Å². The van der Waals surface area contributed by atoms with E-state index in [4.69, 9.17) is 4.42 Å². The molecular formula is C82H69NO. The second-order valence-corrected chi connectivity index (χ2v) is 25.3.